The smallest absolute Gasteiger partial charge is 0.234 e. The Morgan fingerprint density at radius 1 is 1.44 bits per heavy atom. The third kappa shape index (κ3) is 2.62. The number of carbonyl (C=O) groups is 1. The molecule has 96 valence electrons. The van der Waals surface area contributed by atoms with Crippen molar-refractivity contribution in [1.29, 1.82) is 0 Å². The number of nitrogens with one attached hydrogen (secondary N) is 2. The number of anilines is 2. The topological polar surface area (TPSA) is 50.4 Å². The van der Waals surface area contributed by atoms with Gasteiger partial charge in [-0.2, -0.15) is 0 Å². The third-order valence-corrected chi connectivity index (χ3v) is 4.22. The van der Waals surface area contributed by atoms with E-state index in [-0.39, 0.29) is 5.91 Å². The van der Waals surface area contributed by atoms with Gasteiger partial charge in [0.1, 0.15) is 0 Å². The normalized spacial score (nSPS) is 23.1. The second-order valence-electron chi connectivity index (χ2n) is 4.61. The summed E-state index contributed by atoms with van der Waals surface area (Å²) in [5.41, 5.74) is 1.96. The summed E-state index contributed by atoms with van der Waals surface area (Å²) in [6.45, 7) is 1.63. The predicted octanol–water partition coefficient (Wildman–Crippen LogP) is 2.32. The maximum atomic E-state index is 11.4. The van der Waals surface area contributed by atoms with Crippen LogP contribution >= 0.6 is 11.8 Å². The lowest BCUT2D eigenvalue weighted by molar-refractivity contribution is -0.113. The zero-order valence-corrected chi connectivity index (χ0v) is 10.9. The van der Waals surface area contributed by atoms with Crippen LogP contribution in [-0.4, -0.2) is 30.9 Å². The van der Waals surface area contributed by atoms with Gasteiger partial charge in [-0.05, 0) is 31.0 Å². The standard InChI is InChI=1S/C13H16N2O2S/c16-13-8-18-12-4-3-9(6-11(12)15-13)14-10-2-1-5-17-7-10/h3-4,6,10,14H,1-2,5,7-8H2,(H,15,16). The molecule has 1 fully saturated rings. The molecule has 2 aliphatic rings. The van der Waals surface area contributed by atoms with E-state index in [1.807, 2.05) is 6.07 Å². The molecule has 1 aromatic carbocycles. The fourth-order valence-electron chi connectivity index (χ4n) is 2.26. The molecule has 1 amide bonds. The molecule has 18 heavy (non-hydrogen) atoms. The Hall–Kier alpha value is -1.20. The molecule has 1 aromatic rings. The van der Waals surface area contributed by atoms with E-state index in [1.165, 1.54) is 0 Å². The molecule has 4 nitrogen and oxygen atoms in total. The van der Waals surface area contributed by atoms with Crippen LogP contribution < -0.4 is 10.6 Å². The Balaban J connectivity index is 1.73. The Labute approximate surface area is 110 Å². The maximum Gasteiger partial charge on any atom is 0.234 e. The molecule has 0 spiro atoms. The first-order chi connectivity index (χ1) is 8.81. The van der Waals surface area contributed by atoms with Gasteiger partial charge in [0.05, 0.1) is 18.0 Å². The molecule has 0 bridgehead atoms. The average molecular weight is 264 g/mol. The van der Waals surface area contributed by atoms with E-state index in [1.54, 1.807) is 11.8 Å². The number of thioether (sulfide) groups is 1. The maximum absolute atomic E-state index is 11.4. The first-order valence-electron chi connectivity index (χ1n) is 6.22. The summed E-state index contributed by atoms with van der Waals surface area (Å²) in [5, 5.41) is 6.37. The fourth-order valence-corrected chi connectivity index (χ4v) is 3.05. The van der Waals surface area contributed by atoms with Gasteiger partial charge in [0, 0.05) is 23.2 Å². The van der Waals surface area contributed by atoms with Crippen LogP contribution in [0.15, 0.2) is 23.1 Å². The Morgan fingerprint density at radius 2 is 2.39 bits per heavy atom. The molecule has 2 aliphatic heterocycles. The number of hydrogen-bond donors (Lipinski definition) is 2. The van der Waals surface area contributed by atoms with Gasteiger partial charge in [0.25, 0.3) is 0 Å². The van der Waals surface area contributed by atoms with E-state index in [0.29, 0.717) is 11.8 Å². The van der Waals surface area contributed by atoms with Crippen molar-refractivity contribution in [3.8, 4) is 0 Å². The highest BCUT2D eigenvalue weighted by Crippen LogP contribution is 2.33. The molecule has 1 atom stereocenters. The lowest BCUT2D eigenvalue weighted by Gasteiger charge is -2.25. The van der Waals surface area contributed by atoms with E-state index in [2.05, 4.69) is 22.8 Å². The minimum absolute atomic E-state index is 0.0747. The zero-order valence-electron chi connectivity index (χ0n) is 10.1. The van der Waals surface area contributed by atoms with Gasteiger partial charge in [-0.25, -0.2) is 0 Å². The predicted molar refractivity (Wildman–Crippen MR) is 73.3 cm³/mol. The number of amides is 1. The van der Waals surface area contributed by atoms with Crippen molar-refractivity contribution in [2.24, 2.45) is 0 Å². The van der Waals surface area contributed by atoms with Crippen molar-refractivity contribution >= 4 is 29.0 Å². The van der Waals surface area contributed by atoms with Crippen molar-refractivity contribution < 1.29 is 9.53 Å². The molecule has 5 heteroatoms. The molecular formula is C13H16N2O2S. The minimum Gasteiger partial charge on any atom is -0.380 e. The van der Waals surface area contributed by atoms with E-state index in [0.717, 1.165) is 42.3 Å². The Kier molecular flexibility index (Phi) is 3.43. The monoisotopic (exact) mass is 264 g/mol. The van der Waals surface area contributed by atoms with Crippen molar-refractivity contribution in [1.82, 2.24) is 0 Å². The van der Waals surface area contributed by atoms with Crippen LogP contribution in [0, 0.1) is 0 Å². The second kappa shape index (κ2) is 5.20. The highest BCUT2D eigenvalue weighted by molar-refractivity contribution is 8.00. The summed E-state index contributed by atoms with van der Waals surface area (Å²) in [4.78, 5) is 12.5. The zero-order chi connectivity index (χ0) is 12.4. The summed E-state index contributed by atoms with van der Waals surface area (Å²) in [5.74, 6) is 0.585. The molecular weight excluding hydrogens is 248 g/mol. The molecule has 0 saturated carbocycles. The minimum atomic E-state index is 0.0747. The number of rotatable bonds is 2. The van der Waals surface area contributed by atoms with Crippen molar-refractivity contribution in [2.75, 3.05) is 29.6 Å². The first kappa shape index (κ1) is 11.9. The molecule has 2 N–H and O–H groups in total. The number of benzene rings is 1. The van der Waals surface area contributed by atoms with E-state index < -0.39 is 0 Å². The van der Waals surface area contributed by atoms with Crippen LogP contribution in [-0.2, 0) is 9.53 Å². The molecule has 3 rings (SSSR count). The number of fused-ring (bicyclic) bond motifs is 1. The number of ether oxygens (including phenoxy) is 1. The first-order valence-corrected chi connectivity index (χ1v) is 7.21. The number of carbonyl (C=O) groups excluding carboxylic acids is 1. The summed E-state index contributed by atoms with van der Waals surface area (Å²) in [7, 11) is 0. The van der Waals surface area contributed by atoms with Gasteiger partial charge in [-0.15, -0.1) is 11.8 Å². The van der Waals surface area contributed by atoms with Crippen LogP contribution in [0.4, 0.5) is 11.4 Å². The highest BCUT2D eigenvalue weighted by atomic mass is 32.2. The van der Waals surface area contributed by atoms with Crippen LogP contribution in [0.2, 0.25) is 0 Å². The van der Waals surface area contributed by atoms with Crippen LogP contribution in [0.1, 0.15) is 12.8 Å². The van der Waals surface area contributed by atoms with E-state index >= 15 is 0 Å². The van der Waals surface area contributed by atoms with Gasteiger partial charge >= 0.3 is 0 Å². The molecule has 2 heterocycles. The summed E-state index contributed by atoms with van der Waals surface area (Å²) >= 11 is 1.59. The summed E-state index contributed by atoms with van der Waals surface area (Å²) in [6, 6.07) is 6.51. The van der Waals surface area contributed by atoms with Crippen LogP contribution in [0.25, 0.3) is 0 Å². The largest absolute Gasteiger partial charge is 0.380 e. The molecule has 0 aliphatic carbocycles. The third-order valence-electron chi connectivity index (χ3n) is 3.14. The quantitative estimate of drug-likeness (QED) is 0.860. The van der Waals surface area contributed by atoms with Gasteiger partial charge in [-0.1, -0.05) is 0 Å². The van der Waals surface area contributed by atoms with Gasteiger partial charge in [-0.3, -0.25) is 4.79 Å². The molecule has 0 aromatic heterocycles. The SMILES string of the molecule is O=C1CSc2ccc(NC3CCCOC3)cc2N1. The van der Waals surface area contributed by atoms with E-state index in [4.69, 9.17) is 4.74 Å². The van der Waals surface area contributed by atoms with Crippen LogP contribution in [0.5, 0.6) is 0 Å². The van der Waals surface area contributed by atoms with Crippen molar-refractivity contribution in [3.63, 3.8) is 0 Å². The summed E-state index contributed by atoms with van der Waals surface area (Å²) < 4.78 is 5.45. The van der Waals surface area contributed by atoms with Crippen molar-refractivity contribution in [3.05, 3.63) is 18.2 Å². The lowest BCUT2D eigenvalue weighted by atomic mass is 10.1. The lowest BCUT2D eigenvalue weighted by Crippen LogP contribution is -2.30. The van der Waals surface area contributed by atoms with E-state index in [9.17, 15) is 4.79 Å². The van der Waals surface area contributed by atoms with Gasteiger partial charge < -0.3 is 15.4 Å². The molecule has 1 unspecified atom stereocenters. The number of hydrogen-bond acceptors (Lipinski definition) is 4. The average Bonchev–Trinajstić information content (AvgIpc) is 2.39. The van der Waals surface area contributed by atoms with Crippen LogP contribution in [0.3, 0.4) is 0 Å². The van der Waals surface area contributed by atoms with Crippen molar-refractivity contribution in [2.45, 2.75) is 23.8 Å². The molecule has 1 saturated heterocycles. The van der Waals surface area contributed by atoms with Gasteiger partial charge in [0.2, 0.25) is 5.91 Å². The fraction of sp³-hybridized carbons (Fsp3) is 0.462. The molecule has 0 radical (unpaired) electrons. The Bertz CT molecular complexity index is 458. The highest BCUT2D eigenvalue weighted by Gasteiger charge is 2.17. The Morgan fingerprint density at radius 3 is 3.22 bits per heavy atom. The second-order valence-corrected chi connectivity index (χ2v) is 5.62. The summed E-state index contributed by atoms with van der Waals surface area (Å²) in [6.07, 6.45) is 2.24. The van der Waals surface area contributed by atoms with Gasteiger partial charge in [0.15, 0.2) is 0 Å².